The van der Waals surface area contributed by atoms with Gasteiger partial charge in [-0.3, -0.25) is 9.59 Å². The molecule has 0 heterocycles. The first-order chi connectivity index (χ1) is 11.0. The number of Topliss-reactive ketones (excluding diaryl/α,β-unsaturated/α-hetero) is 1. The van der Waals surface area contributed by atoms with Crippen molar-refractivity contribution in [2.75, 3.05) is 16.8 Å². The van der Waals surface area contributed by atoms with Gasteiger partial charge >= 0.3 is 0 Å². The molecule has 120 valence electrons. The number of anilines is 1. The second kappa shape index (κ2) is 8.18. The Hall–Kier alpha value is -1.78. The molecular formula is C18H18ClNO2S. The summed E-state index contributed by atoms with van der Waals surface area (Å²) in [6.07, 6.45) is 0. The highest BCUT2D eigenvalue weighted by molar-refractivity contribution is 8.00. The lowest BCUT2D eigenvalue weighted by atomic mass is 10.1. The van der Waals surface area contributed by atoms with Crippen LogP contribution < -0.4 is 5.32 Å². The monoisotopic (exact) mass is 347 g/mol. The second-order valence-corrected chi connectivity index (χ2v) is 6.71. The zero-order valence-electron chi connectivity index (χ0n) is 13.1. The maximum atomic E-state index is 12.0. The van der Waals surface area contributed by atoms with Crippen molar-refractivity contribution in [3.05, 3.63) is 64.2 Å². The zero-order valence-corrected chi connectivity index (χ0v) is 14.6. The summed E-state index contributed by atoms with van der Waals surface area (Å²) < 4.78 is 0. The largest absolute Gasteiger partial charge is 0.325 e. The van der Waals surface area contributed by atoms with Crippen LogP contribution in [-0.2, 0) is 4.79 Å². The first kappa shape index (κ1) is 17.6. The highest BCUT2D eigenvalue weighted by Gasteiger charge is 2.09. The van der Waals surface area contributed by atoms with Gasteiger partial charge in [0.05, 0.1) is 11.5 Å². The van der Waals surface area contributed by atoms with Gasteiger partial charge in [-0.2, -0.15) is 0 Å². The van der Waals surface area contributed by atoms with Gasteiger partial charge in [0.25, 0.3) is 0 Å². The number of rotatable bonds is 6. The highest BCUT2D eigenvalue weighted by Crippen LogP contribution is 2.20. The molecule has 5 heteroatoms. The Labute approximate surface area is 145 Å². The van der Waals surface area contributed by atoms with E-state index >= 15 is 0 Å². The lowest BCUT2D eigenvalue weighted by Gasteiger charge is -2.08. The lowest BCUT2D eigenvalue weighted by Crippen LogP contribution is -2.16. The molecule has 2 aromatic carbocycles. The Morgan fingerprint density at radius 2 is 1.74 bits per heavy atom. The maximum Gasteiger partial charge on any atom is 0.234 e. The van der Waals surface area contributed by atoms with Crippen LogP contribution in [0.15, 0.2) is 42.5 Å². The third-order valence-corrected chi connectivity index (χ3v) is 4.47. The first-order valence-electron chi connectivity index (χ1n) is 7.19. The topological polar surface area (TPSA) is 46.2 Å². The van der Waals surface area contributed by atoms with Crippen LogP contribution >= 0.6 is 23.4 Å². The molecular weight excluding hydrogens is 330 g/mol. The van der Waals surface area contributed by atoms with Gasteiger partial charge in [-0.05, 0) is 37.6 Å². The number of halogens is 1. The van der Waals surface area contributed by atoms with E-state index in [0.717, 1.165) is 16.8 Å². The number of amides is 1. The number of aryl methyl sites for hydroxylation is 2. The van der Waals surface area contributed by atoms with Crippen LogP contribution in [0.2, 0.25) is 5.02 Å². The summed E-state index contributed by atoms with van der Waals surface area (Å²) in [5, 5.41) is 3.47. The predicted octanol–water partition coefficient (Wildman–Crippen LogP) is 4.51. The van der Waals surface area contributed by atoms with E-state index in [1.165, 1.54) is 11.8 Å². The smallest absolute Gasteiger partial charge is 0.234 e. The maximum absolute atomic E-state index is 12.0. The quantitative estimate of drug-likeness (QED) is 0.782. The van der Waals surface area contributed by atoms with Gasteiger partial charge in [0.2, 0.25) is 5.91 Å². The van der Waals surface area contributed by atoms with Crippen LogP contribution in [-0.4, -0.2) is 23.2 Å². The molecule has 0 aliphatic rings. The van der Waals surface area contributed by atoms with E-state index in [2.05, 4.69) is 5.32 Å². The SMILES string of the molecule is Cc1ccc(C(=O)CSCC(=O)Nc2ccc(Cl)cc2C)cc1. The summed E-state index contributed by atoms with van der Waals surface area (Å²) in [5.41, 5.74) is 3.44. The van der Waals surface area contributed by atoms with Crippen molar-refractivity contribution in [1.29, 1.82) is 0 Å². The van der Waals surface area contributed by atoms with Crippen molar-refractivity contribution in [1.82, 2.24) is 0 Å². The Morgan fingerprint density at radius 3 is 2.39 bits per heavy atom. The fraction of sp³-hybridized carbons (Fsp3) is 0.222. The van der Waals surface area contributed by atoms with Crippen molar-refractivity contribution in [3.63, 3.8) is 0 Å². The molecule has 0 fully saturated rings. The van der Waals surface area contributed by atoms with Gasteiger partial charge in [0.1, 0.15) is 0 Å². The Kier molecular flexibility index (Phi) is 6.25. The van der Waals surface area contributed by atoms with Crippen LogP contribution in [0.5, 0.6) is 0 Å². The number of carbonyl (C=O) groups is 2. The van der Waals surface area contributed by atoms with Gasteiger partial charge in [0, 0.05) is 16.3 Å². The molecule has 0 saturated heterocycles. The molecule has 0 unspecified atom stereocenters. The van der Waals surface area contributed by atoms with E-state index in [9.17, 15) is 9.59 Å². The summed E-state index contributed by atoms with van der Waals surface area (Å²) in [6, 6.07) is 12.8. The lowest BCUT2D eigenvalue weighted by molar-refractivity contribution is -0.113. The molecule has 0 aliphatic carbocycles. The van der Waals surface area contributed by atoms with Crippen LogP contribution in [0.4, 0.5) is 5.69 Å². The molecule has 2 aromatic rings. The van der Waals surface area contributed by atoms with Gasteiger partial charge in [-0.1, -0.05) is 41.4 Å². The number of carbonyl (C=O) groups excluding carboxylic acids is 2. The number of ketones is 1. The minimum atomic E-state index is -0.128. The molecule has 2 rings (SSSR count). The molecule has 0 spiro atoms. The van der Waals surface area contributed by atoms with Crippen LogP contribution in [0, 0.1) is 13.8 Å². The molecule has 23 heavy (non-hydrogen) atoms. The molecule has 0 aliphatic heterocycles. The Morgan fingerprint density at radius 1 is 1.04 bits per heavy atom. The van der Waals surface area contributed by atoms with E-state index in [1.807, 2.05) is 38.1 Å². The number of thioether (sulfide) groups is 1. The minimum absolute atomic E-state index is 0.0328. The molecule has 0 saturated carbocycles. The summed E-state index contributed by atoms with van der Waals surface area (Å²) in [5.74, 6) is 0.429. The molecule has 0 atom stereocenters. The fourth-order valence-corrected chi connectivity index (χ4v) is 2.95. The summed E-state index contributed by atoms with van der Waals surface area (Å²) in [4.78, 5) is 24.0. The first-order valence-corrected chi connectivity index (χ1v) is 8.72. The van der Waals surface area contributed by atoms with E-state index in [-0.39, 0.29) is 23.2 Å². The Bertz CT molecular complexity index is 713. The number of benzene rings is 2. The van der Waals surface area contributed by atoms with Crippen LogP contribution in [0.25, 0.3) is 0 Å². The van der Waals surface area contributed by atoms with E-state index in [0.29, 0.717) is 10.6 Å². The second-order valence-electron chi connectivity index (χ2n) is 5.29. The van der Waals surface area contributed by atoms with E-state index in [1.54, 1.807) is 18.2 Å². The molecule has 1 N–H and O–H groups in total. The van der Waals surface area contributed by atoms with Crippen LogP contribution in [0.3, 0.4) is 0 Å². The van der Waals surface area contributed by atoms with Gasteiger partial charge < -0.3 is 5.32 Å². The predicted molar refractivity (Wildman–Crippen MR) is 97.7 cm³/mol. The minimum Gasteiger partial charge on any atom is -0.325 e. The average Bonchev–Trinajstić information content (AvgIpc) is 2.50. The Balaban J connectivity index is 1.80. The highest BCUT2D eigenvalue weighted by atomic mass is 35.5. The average molecular weight is 348 g/mol. The molecule has 0 aromatic heterocycles. The normalized spacial score (nSPS) is 10.4. The van der Waals surface area contributed by atoms with Crippen molar-refractivity contribution in [3.8, 4) is 0 Å². The molecule has 3 nitrogen and oxygen atoms in total. The third kappa shape index (κ3) is 5.41. The summed E-state index contributed by atoms with van der Waals surface area (Å²) in [7, 11) is 0. The molecule has 1 amide bonds. The van der Waals surface area contributed by atoms with Crippen molar-refractivity contribution < 1.29 is 9.59 Å². The summed E-state index contributed by atoms with van der Waals surface area (Å²) in [6.45, 7) is 3.86. The van der Waals surface area contributed by atoms with E-state index in [4.69, 9.17) is 11.6 Å². The fourth-order valence-electron chi connectivity index (χ4n) is 2.01. The number of hydrogen-bond acceptors (Lipinski definition) is 3. The van der Waals surface area contributed by atoms with E-state index < -0.39 is 0 Å². The third-order valence-electron chi connectivity index (χ3n) is 3.30. The number of hydrogen-bond donors (Lipinski definition) is 1. The number of nitrogens with one attached hydrogen (secondary N) is 1. The zero-order chi connectivity index (χ0) is 16.8. The van der Waals surface area contributed by atoms with Crippen LogP contribution in [0.1, 0.15) is 21.5 Å². The van der Waals surface area contributed by atoms with Crippen molar-refractivity contribution in [2.24, 2.45) is 0 Å². The summed E-state index contributed by atoms with van der Waals surface area (Å²) >= 11 is 7.19. The molecule has 0 radical (unpaired) electrons. The molecule has 0 bridgehead atoms. The van der Waals surface area contributed by atoms with Gasteiger partial charge in [-0.25, -0.2) is 0 Å². The van der Waals surface area contributed by atoms with Gasteiger partial charge in [-0.15, -0.1) is 11.8 Å². The van der Waals surface area contributed by atoms with Crippen molar-refractivity contribution in [2.45, 2.75) is 13.8 Å². The standard InChI is InChI=1S/C18H18ClNO2S/c1-12-3-5-14(6-4-12)17(21)10-23-11-18(22)20-16-8-7-15(19)9-13(16)2/h3-9H,10-11H2,1-2H3,(H,20,22). The van der Waals surface area contributed by atoms with Gasteiger partial charge in [0.15, 0.2) is 5.78 Å². The van der Waals surface area contributed by atoms with Crippen molar-refractivity contribution >= 4 is 40.7 Å².